The number of hydrogen-bond acceptors (Lipinski definition) is 4. The molecule has 0 aromatic heterocycles. The smallest absolute Gasteiger partial charge is 0.333 e. The zero-order chi connectivity index (χ0) is 21.2. The molecule has 0 saturated carbocycles. The van der Waals surface area contributed by atoms with Crippen LogP contribution in [0.15, 0.2) is 24.8 Å². The van der Waals surface area contributed by atoms with Gasteiger partial charge in [-0.1, -0.05) is 33.9 Å². The van der Waals surface area contributed by atoms with Gasteiger partial charge in [0.05, 0.1) is 0 Å². The van der Waals surface area contributed by atoms with Crippen molar-refractivity contribution in [3.63, 3.8) is 0 Å². The van der Waals surface area contributed by atoms with Crippen LogP contribution in [-0.4, -0.2) is 36.1 Å². The van der Waals surface area contributed by atoms with Crippen LogP contribution in [0.1, 0.15) is 68.7 Å². The molecular weight excluding hydrogens is 328 g/mol. The summed E-state index contributed by atoms with van der Waals surface area (Å²) in [6.07, 6.45) is 2.25. The predicted molar refractivity (Wildman–Crippen MR) is 110 cm³/mol. The van der Waals surface area contributed by atoms with E-state index in [4.69, 9.17) is 4.74 Å². The van der Waals surface area contributed by atoms with Gasteiger partial charge in [-0.15, -0.1) is 0 Å². The third-order valence-corrected chi connectivity index (χ3v) is 2.96. The van der Waals surface area contributed by atoms with Crippen LogP contribution in [-0.2, 0) is 14.3 Å². The first-order valence-corrected chi connectivity index (χ1v) is 9.01. The lowest BCUT2D eigenvalue weighted by Crippen LogP contribution is -2.45. The molecule has 0 spiro atoms. The maximum absolute atomic E-state index is 11.1. The molecule has 0 aliphatic heterocycles. The summed E-state index contributed by atoms with van der Waals surface area (Å²) >= 11 is 0. The van der Waals surface area contributed by atoms with Crippen molar-refractivity contribution in [1.29, 1.82) is 0 Å². The highest BCUT2D eigenvalue weighted by Gasteiger charge is 2.26. The van der Waals surface area contributed by atoms with E-state index < -0.39 is 0 Å². The lowest BCUT2D eigenvalue weighted by molar-refractivity contribution is -0.138. The van der Waals surface area contributed by atoms with Crippen molar-refractivity contribution in [2.24, 2.45) is 5.41 Å². The van der Waals surface area contributed by atoms with E-state index >= 15 is 0 Å². The number of carbonyl (C=O) groups excluding carboxylic acids is 2. The van der Waals surface area contributed by atoms with E-state index in [1.807, 2.05) is 13.8 Å². The van der Waals surface area contributed by atoms with Crippen molar-refractivity contribution in [1.82, 2.24) is 10.6 Å². The zero-order valence-electron chi connectivity index (χ0n) is 18.3. The normalized spacial score (nSPS) is 11.7. The van der Waals surface area contributed by atoms with Crippen LogP contribution in [0, 0.1) is 5.41 Å². The molecule has 0 aliphatic carbocycles. The molecule has 152 valence electrons. The first-order valence-electron chi connectivity index (χ1n) is 9.01. The number of carbonyl (C=O) groups is 2. The van der Waals surface area contributed by atoms with Gasteiger partial charge in [-0.25, -0.2) is 4.79 Å². The van der Waals surface area contributed by atoms with E-state index in [1.54, 1.807) is 6.92 Å². The third-order valence-electron chi connectivity index (χ3n) is 2.96. The van der Waals surface area contributed by atoms with E-state index in [0.717, 1.165) is 6.42 Å². The molecule has 0 aromatic rings. The number of nitrogens with one attached hydrogen (secondary N) is 2. The Morgan fingerprint density at radius 3 is 1.88 bits per heavy atom. The van der Waals surface area contributed by atoms with Crippen molar-refractivity contribution in [3.05, 3.63) is 24.8 Å². The Labute approximate surface area is 160 Å². The van der Waals surface area contributed by atoms with Gasteiger partial charge in [-0.2, -0.15) is 0 Å². The van der Waals surface area contributed by atoms with Gasteiger partial charge in [-0.05, 0) is 59.5 Å². The number of esters is 1. The van der Waals surface area contributed by atoms with Gasteiger partial charge in [-0.3, -0.25) is 4.79 Å². The summed E-state index contributed by atoms with van der Waals surface area (Å²) in [6, 6.07) is 0. The zero-order valence-corrected chi connectivity index (χ0v) is 18.3. The minimum atomic E-state index is -0.323. The van der Waals surface area contributed by atoms with Gasteiger partial charge in [0, 0.05) is 23.2 Å². The van der Waals surface area contributed by atoms with Crippen molar-refractivity contribution in [2.75, 3.05) is 13.2 Å². The molecule has 0 rings (SSSR count). The molecule has 5 nitrogen and oxygen atoms in total. The van der Waals surface area contributed by atoms with E-state index in [-0.39, 0.29) is 28.4 Å². The number of ether oxygens (including phenoxy) is 1. The van der Waals surface area contributed by atoms with Crippen LogP contribution in [0.3, 0.4) is 0 Å². The molecule has 2 N–H and O–H groups in total. The molecule has 0 fully saturated rings. The van der Waals surface area contributed by atoms with Gasteiger partial charge in [0.2, 0.25) is 5.91 Å². The summed E-state index contributed by atoms with van der Waals surface area (Å²) in [5.41, 5.74) is 0.563. The van der Waals surface area contributed by atoms with Crippen LogP contribution in [0.5, 0.6) is 0 Å². The highest BCUT2D eigenvalue weighted by Crippen LogP contribution is 2.26. The predicted octanol–water partition coefficient (Wildman–Crippen LogP) is 4.00. The molecule has 26 heavy (non-hydrogen) atoms. The summed E-state index contributed by atoms with van der Waals surface area (Å²) in [6.45, 7) is 26.3. The van der Waals surface area contributed by atoms with Crippen molar-refractivity contribution < 1.29 is 14.3 Å². The van der Waals surface area contributed by atoms with E-state index in [1.165, 1.54) is 6.08 Å². The summed E-state index contributed by atoms with van der Waals surface area (Å²) in [5.74, 6) is -0.426. The molecule has 0 bridgehead atoms. The fourth-order valence-electron chi connectivity index (χ4n) is 2.45. The molecule has 0 atom stereocenters. The van der Waals surface area contributed by atoms with Gasteiger partial charge in [0.15, 0.2) is 0 Å². The molecule has 5 heteroatoms. The Morgan fingerprint density at radius 2 is 1.54 bits per heavy atom. The topological polar surface area (TPSA) is 67.4 Å². The molecule has 1 amide bonds. The van der Waals surface area contributed by atoms with Gasteiger partial charge in [0.25, 0.3) is 0 Å². The largest absolute Gasteiger partial charge is 0.461 e. The average Bonchev–Trinajstić information content (AvgIpc) is 2.39. The quantitative estimate of drug-likeness (QED) is 0.405. The summed E-state index contributed by atoms with van der Waals surface area (Å²) < 4.78 is 4.90. The summed E-state index contributed by atoms with van der Waals surface area (Å²) in [7, 11) is 0. The molecular formula is C21H40N2O3. The monoisotopic (exact) mass is 368 g/mol. The van der Waals surface area contributed by atoms with E-state index in [0.29, 0.717) is 18.7 Å². The Kier molecular flexibility index (Phi) is 11.4. The second kappa shape index (κ2) is 11.2. The van der Waals surface area contributed by atoms with Crippen molar-refractivity contribution >= 4 is 11.9 Å². The van der Waals surface area contributed by atoms with Gasteiger partial charge >= 0.3 is 5.97 Å². The van der Waals surface area contributed by atoms with E-state index in [2.05, 4.69) is 65.3 Å². The van der Waals surface area contributed by atoms with Crippen LogP contribution < -0.4 is 10.6 Å². The SMILES string of the molecule is C=C(C)C(=O)OCCNC(C)(C)C.C=CC(=O)NC(C)(C)CC(C)(C)C. The third kappa shape index (κ3) is 18.7. The number of hydrogen-bond donors (Lipinski definition) is 2. The fourth-order valence-corrected chi connectivity index (χ4v) is 2.45. The van der Waals surface area contributed by atoms with Gasteiger partial charge in [0.1, 0.15) is 6.61 Å². The Balaban J connectivity index is 0. The van der Waals surface area contributed by atoms with Crippen LogP contribution >= 0.6 is 0 Å². The lowest BCUT2D eigenvalue weighted by atomic mass is 9.82. The van der Waals surface area contributed by atoms with Crippen LogP contribution in [0.2, 0.25) is 0 Å². The second-order valence-electron chi connectivity index (χ2n) is 9.41. The molecule has 0 heterocycles. The van der Waals surface area contributed by atoms with Crippen molar-refractivity contribution in [2.45, 2.75) is 79.8 Å². The summed E-state index contributed by atoms with van der Waals surface area (Å²) in [4.78, 5) is 22.0. The molecule has 0 unspecified atom stereocenters. The number of amides is 1. The highest BCUT2D eigenvalue weighted by atomic mass is 16.5. The minimum absolute atomic E-state index is 0.0651. The summed E-state index contributed by atoms with van der Waals surface area (Å²) in [5, 5.41) is 6.11. The Bertz CT molecular complexity index is 480. The molecule has 0 saturated heterocycles. The first-order chi connectivity index (χ1) is 11.5. The maximum atomic E-state index is 11.1. The molecule has 0 aliphatic rings. The van der Waals surface area contributed by atoms with Gasteiger partial charge < -0.3 is 15.4 Å². The standard InChI is InChI=1S/C11H21NO.C10H19NO2/c1-7-9(13)12-11(5,6)8-10(2,3)4;1-8(2)9(12)13-7-6-11-10(3,4)5/h7H,1,8H2,2-6H3,(H,12,13);11H,1,6-7H2,2-5H3. The fraction of sp³-hybridized carbons (Fsp3) is 0.714. The van der Waals surface area contributed by atoms with Crippen LogP contribution in [0.4, 0.5) is 0 Å². The minimum Gasteiger partial charge on any atom is -0.461 e. The lowest BCUT2D eigenvalue weighted by Gasteiger charge is -2.32. The molecule has 0 aromatic carbocycles. The Hall–Kier alpha value is -1.62. The molecule has 0 radical (unpaired) electrons. The Morgan fingerprint density at radius 1 is 1.04 bits per heavy atom. The highest BCUT2D eigenvalue weighted by molar-refractivity contribution is 5.87. The first kappa shape index (κ1) is 26.6. The van der Waals surface area contributed by atoms with E-state index in [9.17, 15) is 9.59 Å². The van der Waals surface area contributed by atoms with Crippen LogP contribution in [0.25, 0.3) is 0 Å². The average molecular weight is 369 g/mol. The number of rotatable bonds is 7. The second-order valence-corrected chi connectivity index (χ2v) is 9.41. The maximum Gasteiger partial charge on any atom is 0.333 e. The van der Waals surface area contributed by atoms with Crippen molar-refractivity contribution in [3.8, 4) is 0 Å².